The standard InChI is InChI=1S/C19H23ClN4OS/c20-16-3-1-14(2-4-16)12-23-6-8-24(9-7-23)19(25)18-11-17(21-22-18)15-5-10-26-13-15/h1-5,10,13,17-18,21-22H,6-9,11-12H2. The van der Waals surface area contributed by atoms with Crippen LogP contribution in [0.15, 0.2) is 41.1 Å². The molecule has 1 amide bonds. The summed E-state index contributed by atoms with van der Waals surface area (Å²) < 4.78 is 0. The molecule has 7 heteroatoms. The zero-order valence-corrected chi connectivity index (χ0v) is 16.1. The number of thiophene rings is 1. The zero-order chi connectivity index (χ0) is 17.9. The average molecular weight is 391 g/mol. The fourth-order valence-electron chi connectivity index (χ4n) is 3.60. The Morgan fingerprint density at radius 1 is 1.12 bits per heavy atom. The van der Waals surface area contributed by atoms with Crippen molar-refractivity contribution >= 4 is 28.8 Å². The van der Waals surface area contributed by atoms with Crippen molar-refractivity contribution in [3.05, 3.63) is 57.2 Å². The quantitative estimate of drug-likeness (QED) is 0.842. The van der Waals surface area contributed by atoms with Gasteiger partial charge in [-0.3, -0.25) is 9.69 Å². The second-order valence-corrected chi connectivity index (χ2v) is 8.13. The second kappa shape index (κ2) is 8.06. The van der Waals surface area contributed by atoms with Crippen molar-refractivity contribution in [2.45, 2.75) is 25.0 Å². The second-order valence-electron chi connectivity index (χ2n) is 6.91. The van der Waals surface area contributed by atoms with E-state index < -0.39 is 0 Å². The summed E-state index contributed by atoms with van der Waals surface area (Å²) >= 11 is 7.63. The van der Waals surface area contributed by atoms with E-state index in [0.29, 0.717) is 0 Å². The zero-order valence-electron chi connectivity index (χ0n) is 14.5. The first-order valence-electron chi connectivity index (χ1n) is 8.98. The molecule has 0 radical (unpaired) electrons. The van der Waals surface area contributed by atoms with Crippen LogP contribution < -0.4 is 10.9 Å². The molecule has 2 atom stereocenters. The molecule has 2 saturated heterocycles. The largest absolute Gasteiger partial charge is 0.339 e. The van der Waals surface area contributed by atoms with Crippen LogP contribution in [0.2, 0.25) is 5.02 Å². The fourth-order valence-corrected chi connectivity index (χ4v) is 4.44. The number of carbonyl (C=O) groups excluding carboxylic acids is 1. The Bertz CT molecular complexity index is 729. The number of amides is 1. The third-order valence-corrected chi connectivity index (χ3v) is 6.10. The topological polar surface area (TPSA) is 47.6 Å². The summed E-state index contributed by atoms with van der Waals surface area (Å²) in [5, 5.41) is 4.98. The highest BCUT2D eigenvalue weighted by Gasteiger charge is 2.34. The van der Waals surface area contributed by atoms with E-state index >= 15 is 0 Å². The molecular weight excluding hydrogens is 368 g/mol. The van der Waals surface area contributed by atoms with Crippen LogP contribution in [0.1, 0.15) is 23.6 Å². The number of nitrogens with zero attached hydrogens (tertiary/aromatic N) is 2. The maximum Gasteiger partial charge on any atom is 0.241 e. The number of hydrazine groups is 1. The van der Waals surface area contributed by atoms with E-state index in [4.69, 9.17) is 11.6 Å². The molecule has 1 aromatic heterocycles. The summed E-state index contributed by atoms with van der Waals surface area (Å²) in [7, 11) is 0. The van der Waals surface area contributed by atoms with Gasteiger partial charge in [-0.2, -0.15) is 11.3 Å². The van der Waals surface area contributed by atoms with Crippen LogP contribution in [0.5, 0.6) is 0 Å². The van der Waals surface area contributed by atoms with Gasteiger partial charge in [-0.1, -0.05) is 23.7 Å². The molecule has 0 saturated carbocycles. The highest BCUT2D eigenvalue weighted by atomic mass is 35.5. The van der Waals surface area contributed by atoms with Gasteiger partial charge in [-0.15, -0.1) is 0 Å². The number of hydrogen-bond acceptors (Lipinski definition) is 5. The molecule has 2 unspecified atom stereocenters. The van der Waals surface area contributed by atoms with Gasteiger partial charge in [0.1, 0.15) is 6.04 Å². The van der Waals surface area contributed by atoms with Gasteiger partial charge in [0.15, 0.2) is 0 Å². The summed E-state index contributed by atoms with van der Waals surface area (Å²) in [5.74, 6) is 0.210. The first-order valence-corrected chi connectivity index (χ1v) is 10.3. The first kappa shape index (κ1) is 17.9. The van der Waals surface area contributed by atoms with Crippen molar-refractivity contribution in [3.63, 3.8) is 0 Å². The third-order valence-electron chi connectivity index (χ3n) is 5.15. The molecule has 0 spiro atoms. The number of halogens is 1. The third kappa shape index (κ3) is 4.10. The summed E-state index contributed by atoms with van der Waals surface area (Å²) in [4.78, 5) is 17.2. The van der Waals surface area contributed by atoms with Gasteiger partial charge < -0.3 is 4.90 Å². The highest BCUT2D eigenvalue weighted by molar-refractivity contribution is 7.07. The lowest BCUT2D eigenvalue weighted by Gasteiger charge is -2.35. The molecule has 138 valence electrons. The molecule has 2 aliphatic heterocycles. The molecule has 3 heterocycles. The maximum atomic E-state index is 12.8. The van der Waals surface area contributed by atoms with Crippen LogP contribution in [0.3, 0.4) is 0 Å². The van der Waals surface area contributed by atoms with Crippen molar-refractivity contribution < 1.29 is 4.79 Å². The van der Waals surface area contributed by atoms with Crippen LogP contribution in [0.4, 0.5) is 0 Å². The number of nitrogens with one attached hydrogen (secondary N) is 2. The summed E-state index contributed by atoms with van der Waals surface area (Å²) in [6.07, 6.45) is 0.806. The smallest absolute Gasteiger partial charge is 0.241 e. The fraction of sp³-hybridized carbons (Fsp3) is 0.421. The lowest BCUT2D eigenvalue weighted by Crippen LogP contribution is -2.53. The minimum absolute atomic E-state index is 0.136. The van der Waals surface area contributed by atoms with Crippen LogP contribution in [-0.4, -0.2) is 47.9 Å². The lowest BCUT2D eigenvalue weighted by atomic mass is 10.0. The number of rotatable bonds is 4. The number of benzene rings is 1. The van der Waals surface area contributed by atoms with Crippen molar-refractivity contribution in [2.75, 3.05) is 26.2 Å². The predicted octanol–water partition coefficient (Wildman–Crippen LogP) is 2.65. The Morgan fingerprint density at radius 2 is 1.88 bits per heavy atom. The Balaban J connectivity index is 1.26. The van der Waals surface area contributed by atoms with Gasteiger partial charge in [-0.05, 0) is 46.5 Å². The lowest BCUT2D eigenvalue weighted by molar-refractivity contribution is -0.135. The van der Waals surface area contributed by atoms with Crippen molar-refractivity contribution in [1.29, 1.82) is 0 Å². The van der Waals surface area contributed by atoms with E-state index in [1.807, 2.05) is 17.0 Å². The average Bonchev–Trinajstić information content (AvgIpc) is 3.35. The minimum atomic E-state index is -0.136. The van der Waals surface area contributed by atoms with Crippen LogP contribution in [0.25, 0.3) is 0 Å². The highest BCUT2D eigenvalue weighted by Crippen LogP contribution is 2.25. The molecule has 2 aliphatic rings. The molecule has 1 aromatic carbocycles. The van der Waals surface area contributed by atoms with Crippen LogP contribution >= 0.6 is 22.9 Å². The Labute approximate surface area is 162 Å². The molecular formula is C19H23ClN4OS. The van der Waals surface area contributed by atoms with E-state index in [2.05, 4.69) is 44.7 Å². The van der Waals surface area contributed by atoms with Gasteiger partial charge in [0.2, 0.25) is 5.91 Å². The maximum absolute atomic E-state index is 12.8. The summed E-state index contributed by atoms with van der Waals surface area (Å²) in [5.41, 5.74) is 8.96. The van der Waals surface area contributed by atoms with Gasteiger partial charge in [0, 0.05) is 43.8 Å². The molecule has 5 nitrogen and oxygen atoms in total. The first-order chi connectivity index (χ1) is 12.7. The molecule has 2 fully saturated rings. The van der Waals surface area contributed by atoms with Gasteiger partial charge in [0.05, 0.1) is 0 Å². The Morgan fingerprint density at radius 3 is 2.58 bits per heavy atom. The molecule has 4 rings (SSSR count). The Kier molecular flexibility index (Phi) is 5.57. The van der Waals surface area contributed by atoms with Crippen LogP contribution in [-0.2, 0) is 11.3 Å². The molecule has 0 aliphatic carbocycles. The summed E-state index contributed by atoms with van der Waals surface area (Å²) in [6.45, 7) is 4.29. The van der Waals surface area contributed by atoms with E-state index in [-0.39, 0.29) is 18.0 Å². The van der Waals surface area contributed by atoms with Gasteiger partial charge in [0.25, 0.3) is 0 Å². The van der Waals surface area contributed by atoms with E-state index in [0.717, 1.165) is 44.2 Å². The molecule has 26 heavy (non-hydrogen) atoms. The monoisotopic (exact) mass is 390 g/mol. The normalized spacial score (nSPS) is 24.1. The molecule has 2 N–H and O–H groups in total. The predicted molar refractivity (Wildman–Crippen MR) is 105 cm³/mol. The van der Waals surface area contributed by atoms with E-state index in [9.17, 15) is 4.79 Å². The number of hydrogen-bond donors (Lipinski definition) is 2. The SMILES string of the molecule is O=C(C1CC(c2ccsc2)NN1)N1CCN(Cc2ccc(Cl)cc2)CC1. The number of piperazine rings is 1. The Hall–Kier alpha value is -1.44. The summed E-state index contributed by atoms with van der Waals surface area (Å²) in [6, 6.07) is 10.2. The van der Waals surface area contributed by atoms with E-state index in [1.54, 1.807) is 11.3 Å². The molecule has 2 aromatic rings. The van der Waals surface area contributed by atoms with Crippen molar-refractivity contribution in [1.82, 2.24) is 20.7 Å². The van der Waals surface area contributed by atoms with Gasteiger partial charge >= 0.3 is 0 Å². The minimum Gasteiger partial charge on any atom is -0.339 e. The molecule has 0 bridgehead atoms. The number of carbonyl (C=O) groups is 1. The van der Waals surface area contributed by atoms with Gasteiger partial charge in [-0.25, -0.2) is 10.9 Å². The van der Waals surface area contributed by atoms with E-state index in [1.165, 1.54) is 11.1 Å². The van der Waals surface area contributed by atoms with Crippen LogP contribution in [0, 0.1) is 0 Å². The van der Waals surface area contributed by atoms with Crippen molar-refractivity contribution in [3.8, 4) is 0 Å². The van der Waals surface area contributed by atoms with Crippen molar-refractivity contribution in [2.24, 2.45) is 0 Å².